The van der Waals surface area contributed by atoms with Gasteiger partial charge in [-0.25, -0.2) is 4.79 Å². The molecule has 0 saturated carbocycles. The molecule has 2 N–H and O–H groups in total. The summed E-state index contributed by atoms with van der Waals surface area (Å²) in [4.78, 5) is 25.7. The van der Waals surface area contributed by atoms with E-state index in [1.807, 2.05) is 13.8 Å². The molecule has 1 saturated heterocycles. The van der Waals surface area contributed by atoms with Gasteiger partial charge in [0.15, 0.2) is 6.04 Å². The summed E-state index contributed by atoms with van der Waals surface area (Å²) in [6, 6.07) is 2.25. The fourth-order valence-corrected chi connectivity index (χ4v) is 1.11. The Bertz CT molecular complexity index is 460. The summed E-state index contributed by atoms with van der Waals surface area (Å²) >= 11 is 0. The third-order valence-electron chi connectivity index (χ3n) is 1.80. The first-order chi connectivity index (χ1) is 8.25. The number of nitrogens with zero attached hydrogens (tertiary/aromatic N) is 1. The van der Waals surface area contributed by atoms with Gasteiger partial charge >= 0.3 is 6.03 Å². The zero-order valence-electron chi connectivity index (χ0n) is 9.65. The normalized spacial score (nSPS) is 16.9. The van der Waals surface area contributed by atoms with Crippen molar-refractivity contribution in [1.29, 1.82) is 0 Å². The van der Waals surface area contributed by atoms with Crippen molar-refractivity contribution in [2.24, 2.45) is 0 Å². The maximum Gasteiger partial charge on any atom is 0.322 e. The minimum Gasteiger partial charge on any atom is -0.316 e. The smallest absolute Gasteiger partial charge is 0.316 e. The van der Waals surface area contributed by atoms with E-state index in [0.29, 0.717) is 5.56 Å². The number of carbonyl (C=O) groups excluding carboxylic acids is 2. The van der Waals surface area contributed by atoms with E-state index in [0.717, 1.165) is 0 Å². The molecule has 0 bridgehead atoms. The van der Waals surface area contributed by atoms with Crippen LogP contribution in [0.15, 0.2) is 24.5 Å². The lowest BCUT2D eigenvalue weighted by Gasteiger charge is -1.94. The molecule has 2 rings (SSSR count). The summed E-state index contributed by atoms with van der Waals surface area (Å²) in [5.74, 6) is 4.97. The van der Waals surface area contributed by atoms with Gasteiger partial charge in [-0.3, -0.25) is 15.1 Å². The van der Waals surface area contributed by atoms with Crippen LogP contribution in [0.2, 0.25) is 0 Å². The SMILES string of the molecule is CC.O=C1NC(=O)[C@H](C#Cc2cccnc2)N1. The van der Waals surface area contributed by atoms with Crippen molar-refractivity contribution in [1.82, 2.24) is 15.6 Å². The lowest BCUT2D eigenvalue weighted by Crippen LogP contribution is -2.26. The Hall–Kier alpha value is -2.35. The van der Waals surface area contributed by atoms with Gasteiger partial charge in [0.1, 0.15) is 0 Å². The molecular weight excluding hydrogens is 218 g/mol. The van der Waals surface area contributed by atoms with Gasteiger partial charge in [0.2, 0.25) is 0 Å². The Labute approximate surface area is 99.6 Å². The molecule has 5 nitrogen and oxygen atoms in total. The van der Waals surface area contributed by atoms with E-state index in [-0.39, 0.29) is 0 Å². The van der Waals surface area contributed by atoms with Crippen molar-refractivity contribution >= 4 is 11.9 Å². The number of nitrogens with one attached hydrogen (secondary N) is 2. The molecule has 88 valence electrons. The summed E-state index contributed by atoms with van der Waals surface area (Å²) in [7, 11) is 0. The van der Waals surface area contributed by atoms with E-state index in [1.165, 1.54) is 0 Å². The largest absolute Gasteiger partial charge is 0.322 e. The molecule has 1 aliphatic rings. The molecule has 0 unspecified atom stereocenters. The van der Waals surface area contributed by atoms with Gasteiger partial charge in [-0.15, -0.1) is 0 Å². The number of hydrogen-bond acceptors (Lipinski definition) is 3. The Morgan fingerprint density at radius 3 is 2.65 bits per heavy atom. The van der Waals surface area contributed by atoms with E-state index >= 15 is 0 Å². The lowest BCUT2D eigenvalue weighted by atomic mass is 10.2. The standard InChI is InChI=1S/C10H7N3O2.C2H6/c14-9-8(12-10(15)13-9)4-3-7-2-1-5-11-6-7;1-2/h1-2,5-6,8H,(H2,12,13,14,15);1-2H3/t8-;/m0./s1. The molecule has 1 aliphatic heterocycles. The number of urea groups is 1. The average molecular weight is 231 g/mol. The molecule has 5 heteroatoms. The first kappa shape index (κ1) is 12.7. The molecule has 0 radical (unpaired) electrons. The van der Waals surface area contributed by atoms with Gasteiger partial charge in [-0.1, -0.05) is 25.7 Å². The molecule has 1 aromatic heterocycles. The lowest BCUT2D eigenvalue weighted by molar-refractivity contribution is -0.119. The molecule has 2 heterocycles. The molecule has 1 atom stereocenters. The second-order valence-corrected chi connectivity index (χ2v) is 2.91. The minimum absolute atomic E-state index is 0.420. The molecule has 17 heavy (non-hydrogen) atoms. The van der Waals surface area contributed by atoms with Crippen LogP contribution in [0.4, 0.5) is 4.79 Å². The topological polar surface area (TPSA) is 71.1 Å². The summed E-state index contributed by atoms with van der Waals surface area (Å²) in [6.45, 7) is 4.00. The number of carbonyl (C=O) groups is 2. The molecule has 3 amide bonds. The van der Waals surface area contributed by atoms with E-state index < -0.39 is 18.0 Å². The summed E-state index contributed by atoms with van der Waals surface area (Å²) in [6.07, 6.45) is 3.22. The van der Waals surface area contributed by atoms with Crippen LogP contribution in [0.25, 0.3) is 0 Å². The maximum atomic E-state index is 11.1. The second-order valence-electron chi connectivity index (χ2n) is 2.91. The minimum atomic E-state index is -0.766. The van der Waals surface area contributed by atoms with Gasteiger partial charge in [0.05, 0.1) is 0 Å². The van der Waals surface area contributed by atoms with Gasteiger partial charge in [0, 0.05) is 18.0 Å². The zero-order valence-corrected chi connectivity index (χ0v) is 9.65. The van der Waals surface area contributed by atoms with Gasteiger partial charge in [0.25, 0.3) is 5.91 Å². The summed E-state index contributed by atoms with van der Waals surface area (Å²) in [5.41, 5.74) is 0.700. The number of amides is 3. The molecular formula is C12H13N3O2. The third-order valence-corrected chi connectivity index (χ3v) is 1.80. The van der Waals surface area contributed by atoms with Crippen LogP contribution in [0.1, 0.15) is 19.4 Å². The van der Waals surface area contributed by atoms with Crippen molar-refractivity contribution in [3.8, 4) is 11.8 Å². The maximum absolute atomic E-state index is 11.1. The highest BCUT2D eigenvalue weighted by Gasteiger charge is 2.27. The quantitative estimate of drug-likeness (QED) is 0.509. The van der Waals surface area contributed by atoms with E-state index in [2.05, 4.69) is 27.5 Å². The first-order valence-corrected chi connectivity index (χ1v) is 5.28. The number of hydrogen-bond donors (Lipinski definition) is 2. The number of pyridine rings is 1. The average Bonchev–Trinajstić information content (AvgIpc) is 2.69. The molecule has 0 aromatic carbocycles. The Balaban J connectivity index is 0.000000686. The highest BCUT2D eigenvalue weighted by Crippen LogP contribution is 1.94. The first-order valence-electron chi connectivity index (χ1n) is 5.28. The Kier molecular flexibility index (Phi) is 4.70. The van der Waals surface area contributed by atoms with Crippen molar-refractivity contribution in [2.45, 2.75) is 19.9 Å². The van der Waals surface area contributed by atoms with Crippen LogP contribution in [0.3, 0.4) is 0 Å². The van der Waals surface area contributed by atoms with Gasteiger partial charge in [-0.2, -0.15) is 0 Å². The molecule has 0 spiro atoms. The number of imide groups is 1. The summed E-state index contributed by atoms with van der Waals surface area (Å²) < 4.78 is 0. The van der Waals surface area contributed by atoms with Crippen LogP contribution in [-0.4, -0.2) is 23.0 Å². The molecule has 1 aromatic rings. The van der Waals surface area contributed by atoms with Crippen molar-refractivity contribution in [3.05, 3.63) is 30.1 Å². The second kappa shape index (κ2) is 6.28. The Morgan fingerprint density at radius 2 is 2.12 bits per heavy atom. The van der Waals surface area contributed by atoms with E-state index in [9.17, 15) is 9.59 Å². The highest BCUT2D eigenvalue weighted by molar-refractivity contribution is 6.05. The summed E-state index contributed by atoms with van der Waals surface area (Å²) in [5, 5.41) is 4.48. The fourth-order valence-electron chi connectivity index (χ4n) is 1.11. The fraction of sp³-hybridized carbons (Fsp3) is 0.250. The predicted molar refractivity (Wildman–Crippen MR) is 62.9 cm³/mol. The van der Waals surface area contributed by atoms with Crippen LogP contribution in [-0.2, 0) is 4.79 Å². The monoisotopic (exact) mass is 231 g/mol. The predicted octanol–water partition coefficient (Wildman–Crippen LogP) is 0.667. The van der Waals surface area contributed by atoms with Crippen LogP contribution < -0.4 is 10.6 Å². The Morgan fingerprint density at radius 1 is 1.35 bits per heavy atom. The third kappa shape index (κ3) is 3.61. The van der Waals surface area contributed by atoms with Gasteiger partial charge in [-0.05, 0) is 12.1 Å². The number of rotatable bonds is 0. The zero-order chi connectivity index (χ0) is 12.7. The van der Waals surface area contributed by atoms with Crippen molar-refractivity contribution in [2.75, 3.05) is 0 Å². The van der Waals surface area contributed by atoms with Crippen LogP contribution in [0.5, 0.6) is 0 Å². The van der Waals surface area contributed by atoms with Gasteiger partial charge < -0.3 is 5.32 Å². The molecule has 0 aliphatic carbocycles. The number of aromatic nitrogens is 1. The van der Waals surface area contributed by atoms with Crippen molar-refractivity contribution in [3.63, 3.8) is 0 Å². The highest BCUT2D eigenvalue weighted by atomic mass is 16.2. The van der Waals surface area contributed by atoms with Crippen LogP contribution >= 0.6 is 0 Å². The van der Waals surface area contributed by atoms with Crippen LogP contribution in [0, 0.1) is 11.8 Å². The van der Waals surface area contributed by atoms with E-state index in [4.69, 9.17) is 0 Å². The molecule has 1 fully saturated rings. The van der Waals surface area contributed by atoms with E-state index in [1.54, 1.807) is 24.5 Å². The van der Waals surface area contributed by atoms with Crippen molar-refractivity contribution < 1.29 is 9.59 Å².